The predicted molar refractivity (Wildman–Crippen MR) is 88.3 cm³/mol. The lowest BCUT2D eigenvalue weighted by Gasteiger charge is -2.20. The summed E-state index contributed by atoms with van der Waals surface area (Å²) in [5.74, 6) is 6.31. The minimum absolute atomic E-state index is 0.0362. The van der Waals surface area contributed by atoms with Crippen LogP contribution >= 0.6 is 0 Å². The Balaban J connectivity index is 1.95. The van der Waals surface area contributed by atoms with Crippen molar-refractivity contribution in [3.05, 3.63) is 35.9 Å². The van der Waals surface area contributed by atoms with E-state index in [4.69, 9.17) is 0 Å². The van der Waals surface area contributed by atoms with Gasteiger partial charge in [-0.05, 0) is 51.0 Å². The Kier molecular flexibility index (Phi) is 4.70. The Hall–Kier alpha value is -2.21. The van der Waals surface area contributed by atoms with Crippen molar-refractivity contribution in [2.24, 2.45) is 5.41 Å². The van der Waals surface area contributed by atoms with E-state index in [0.29, 0.717) is 6.42 Å². The van der Waals surface area contributed by atoms with Gasteiger partial charge in [0.2, 0.25) is 5.91 Å². The number of allylic oxidation sites excluding steroid dienone is 1. The molecule has 1 aromatic rings. The molecule has 1 aromatic carbocycles. The average Bonchev–Trinajstić information content (AvgIpc) is 2.41. The minimum Gasteiger partial charge on any atom is -0.381 e. The van der Waals surface area contributed by atoms with Crippen molar-refractivity contribution in [2.75, 3.05) is 17.2 Å². The molecule has 3 heteroatoms. The molecule has 1 aliphatic heterocycles. The summed E-state index contributed by atoms with van der Waals surface area (Å²) in [5, 5.41) is 6.29. The Morgan fingerprint density at radius 1 is 1.33 bits per heavy atom. The highest BCUT2D eigenvalue weighted by molar-refractivity contribution is 5.95. The number of anilines is 2. The van der Waals surface area contributed by atoms with E-state index in [1.54, 1.807) is 0 Å². The molecular formula is C18H22N2O. The Morgan fingerprint density at radius 3 is 2.90 bits per heavy atom. The molecule has 1 aliphatic rings. The Morgan fingerprint density at radius 2 is 2.14 bits per heavy atom. The van der Waals surface area contributed by atoms with Crippen LogP contribution < -0.4 is 10.6 Å². The molecular weight excluding hydrogens is 260 g/mol. The van der Waals surface area contributed by atoms with E-state index >= 15 is 0 Å². The lowest BCUT2D eigenvalue weighted by Crippen LogP contribution is -2.20. The molecule has 2 rings (SSSR count). The second-order valence-electron chi connectivity index (χ2n) is 6.18. The van der Waals surface area contributed by atoms with Crippen LogP contribution in [0.4, 0.5) is 11.4 Å². The second-order valence-corrected chi connectivity index (χ2v) is 6.18. The Labute approximate surface area is 126 Å². The van der Waals surface area contributed by atoms with Gasteiger partial charge in [0.05, 0.1) is 0 Å². The second kappa shape index (κ2) is 6.49. The first-order chi connectivity index (χ1) is 9.96. The molecule has 0 atom stereocenters. The fraction of sp³-hybridized carbons (Fsp3) is 0.389. The number of hydrogen-bond acceptors (Lipinski definition) is 2. The molecule has 0 saturated carbocycles. The molecule has 2 N–H and O–H groups in total. The normalized spacial score (nSPS) is 14.1. The van der Waals surface area contributed by atoms with Gasteiger partial charge in [-0.3, -0.25) is 4.79 Å². The van der Waals surface area contributed by atoms with Crippen LogP contribution in [0.5, 0.6) is 0 Å². The zero-order valence-corrected chi connectivity index (χ0v) is 12.9. The van der Waals surface area contributed by atoms with Gasteiger partial charge in [-0.1, -0.05) is 24.0 Å². The molecule has 0 spiro atoms. The highest BCUT2D eigenvalue weighted by Crippen LogP contribution is 2.29. The molecule has 1 amide bonds. The number of hydrogen-bond donors (Lipinski definition) is 2. The summed E-state index contributed by atoms with van der Waals surface area (Å²) in [6, 6.07) is 5.95. The fourth-order valence-corrected chi connectivity index (χ4v) is 2.14. The average molecular weight is 282 g/mol. The number of carbonyl (C=O) groups excluding carboxylic acids is 1. The van der Waals surface area contributed by atoms with Crippen LogP contribution in [0.1, 0.15) is 32.8 Å². The van der Waals surface area contributed by atoms with Crippen LogP contribution in [0.15, 0.2) is 30.4 Å². The summed E-state index contributed by atoms with van der Waals surface area (Å²) in [5.41, 5.74) is 3.23. The highest BCUT2D eigenvalue weighted by Gasteiger charge is 2.16. The molecule has 0 bridgehead atoms. The quantitative estimate of drug-likeness (QED) is 0.832. The molecule has 21 heavy (non-hydrogen) atoms. The molecule has 0 aromatic heterocycles. The van der Waals surface area contributed by atoms with Crippen LogP contribution in [-0.2, 0) is 11.2 Å². The van der Waals surface area contributed by atoms with Gasteiger partial charge in [0.1, 0.15) is 0 Å². The van der Waals surface area contributed by atoms with Gasteiger partial charge >= 0.3 is 0 Å². The largest absolute Gasteiger partial charge is 0.381 e. The first kappa shape index (κ1) is 15.2. The maximum atomic E-state index is 11.4. The van der Waals surface area contributed by atoms with Crippen molar-refractivity contribution in [1.29, 1.82) is 0 Å². The van der Waals surface area contributed by atoms with Crippen LogP contribution in [0.25, 0.3) is 0 Å². The van der Waals surface area contributed by atoms with Crippen LogP contribution in [-0.4, -0.2) is 12.5 Å². The van der Waals surface area contributed by atoms with E-state index in [2.05, 4.69) is 43.2 Å². The fourth-order valence-electron chi connectivity index (χ4n) is 2.14. The summed E-state index contributed by atoms with van der Waals surface area (Å²) in [7, 11) is 0. The van der Waals surface area contributed by atoms with Crippen molar-refractivity contribution < 1.29 is 4.79 Å². The number of benzene rings is 1. The lowest BCUT2D eigenvalue weighted by molar-refractivity contribution is -0.116. The van der Waals surface area contributed by atoms with Crippen LogP contribution in [0, 0.1) is 17.3 Å². The molecule has 0 fully saturated rings. The van der Waals surface area contributed by atoms with E-state index in [1.165, 1.54) is 5.56 Å². The maximum Gasteiger partial charge on any atom is 0.224 e. The number of fused-ring (bicyclic) bond motifs is 1. The number of nitrogens with one attached hydrogen (secondary N) is 2. The van der Waals surface area contributed by atoms with Gasteiger partial charge < -0.3 is 10.6 Å². The third-order valence-corrected chi connectivity index (χ3v) is 3.11. The number of rotatable bonds is 3. The molecule has 0 aliphatic carbocycles. The highest BCUT2D eigenvalue weighted by atomic mass is 16.1. The van der Waals surface area contributed by atoms with E-state index in [1.807, 2.05) is 30.4 Å². The van der Waals surface area contributed by atoms with Crippen molar-refractivity contribution in [2.45, 2.75) is 33.6 Å². The van der Waals surface area contributed by atoms with Crippen molar-refractivity contribution in [1.82, 2.24) is 0 Å². The molecule has 1 heterocycles. The SMILES string of the molecule is CC(C)(C)C#C/C=C/CNc1cccc2c1CCC(=O)N2. The smallest absolute Gasteiger partial charge is 0.224 e. The molecule has 0 saturated heterocycles. The van der Waals surface area contributed by atoms with Crippen molar-refractivity contribution in [3.63, 3.8) is 0 Å². The van der Waals surface area contributed by atoms with E-state index in [9.17, 15) is 4.79 Å². The summed E-state index contributed by atoms with van der Waals surface area (Å²) in [4.78, 5) is 11.4. The van der Waals surface area contributed by atoms with Gasteiger partial charge in [0, 0.05) is 29.8 Å². The predicted octanol–water partition coefficient (Wildman–Crippen LogP) is 3.59. The maximum absolute atomic E-state index is 11.4. The minimum atomic E-state index is 0.0362. The molecule has 0 unspecified atom stereocenters. The van der Waals surface area contributed by atoms with Crippen molar-refractivity contribution >= 4 is 17.3 Å². The van der Waals surface area contributed by atoms with Crippen molar-refractivity contribution in [3.8, 4) is 11.8 Å². The third-order valence-electron chi connectivity index (χ3n) is 3.11. The Bertz CT molecular complexity index is 612. The van der Waals surface area contributed by atoms with E-state index in [-0.39, 0.29) is 11.3 Å². The standard InChI is InChI=1S/C18H22N2O/c1-18(2,3)12-5-4-6-13-19-15-8-7-9-16-14(15)10-11-17(21)20-16/h4,6-9,19H,10-11,13H2,1-3H3,(H,20,21)/b6-4+. The number of amides is 1. The van der Waals surface area contributed by atoms with Gasteiger partial charge in [0.15, 0.2) is 0 Å². The molecule has 3 nitrogen and oxygen atoms in total. The first-order valence-electron chi connectivity index (χ1n) is 7.29. The zero-order chi connectivity index (χ0) is 15.3. The third kappa shape index (κ3) is 4.68. The monoisotopic (exact) mass is 282 g/mol. The van der Waals surface area contributed by atoms with Crippen LogP contribution in [0.2, 0.25) is 0 Å². The summed E-state index contributed by atoms with van der Waals surface area (Å²) in [6.45, 7) is 7.01. The van der Waals surface area contributed by atoms with Gasteiger partial charge in [0.25, 0.3) is 0 Å². The molecule has 0 radical (unpaired) electrons. The lowest BCUT2D eigenvalue weighted by atomic mass is 9.98. The zero-order valence-electron chi connectivity index (χ0n) is 12.9. The topological polar surface area (TPSA) is 41.1 Å². The summed E-state index contributed by atoms with van der Waals surface area (Å²) >= 11 is 0. The molecule has 110 valence electrons. The summed E-state index contributed by atoms with van der Waals surface area (Å²) < 4.78 is 0. The van der Waals surface area contributed by atoms with Gasteiger partial charge in [-0.15, -0.1) is 0 Å². The van der Waals surface area contributed by atoms with Gasteiger partial charge in [-0.2, -0.15) is 0 Å². The van der Waals surface area contributed by atoms with E-state index < -0.39 is 0 Å². The first-order valence-corrected chi connectivity index (χ1v) is 7.29. The van der Waals surface area contributed by atoms with E-state index in [0.717, 1.165) is 24.3 Å². The van der Waals surface area contributed by atoms with Crippen LogP contribution in [0.3, 0.4) is 0 Å². The number of carbonyl (C=O) groups is 1. The summed E-state index contributed by atoms with van der Waals surface area (Å²) in [6.07, 6.45) is 5.24. The van der Waals surface area contributed by atoms with Gasteiger partial charge in [-0.25, -0.2) is 0 Å².